The number of hydrogen-bond donors (Lipinski definition) is 2. The first kappa shape index (κ1) is 25.7. The minimum absolute atomic E-state index is 0.0455. The predicted molar refractivity (Wildman–Crippen MR) is 114 cm³/mol. The van der Waals surface area contributed by atoms with E-state index in [2.05, 4.69) is 24.4 Å². The fourth-order valence-corrected chi connectivity index (χ4v) is 3.11. The van der Waals surface area contributed by atoms with Crippen molar-refractivity contribution in [3.63, 3.8) is 0 Å². The van der Waals surface area contributed by atoms with Crippen molar-refractivity contribution in [3.8, 4) is 0 Å². The zero-order valence-corrected chi connectivity index (χ0v) is 18.0. The van der Waals surface area contributed by atoms with Crippen LogP contribution in [0.3, 0.4) is 0 Å². The minimum Gasteiger partial charge on any atom is -0.480 e. The van der Waals surface area contributed by atoms with E-state index in [1.807, 2.05) is 13.8 Å². The smallest absolute Gasteiger partial charge is 0.326 e. The maximum Gasteiger partial charge on any atom is 0.326 e. The Kier molecular flexibility index (Phi) is 17.2. The molecule has 0 heterocycles. The number of nitrogens with one attached hydrogen (secondary N) is 1. The van der Waals surface area contributed by atoms with Gasteiger partial charge < -0.3 is 10.4 Å². The van der Waals surface area contributed by atoms with E-state index in [1.165, 1.54) is 51.4 Å². The molecule has 0 bridgehead atoms. The zero-order chi connectivity index (χ0) is 20.3. The molecule has 0 aromatic heterocycles. The van der Waals surface area contributed by atoms with E-state index >= 15 is 0 Å². The molecule has 4 nitrogen and oxygen atoms in total. The Labute approximate surface area is 167 Å². The fraction of sp³-hybridized carbons (Fsp3) is 0.826. The molecule has 0 spiro atoms. The number of carboxylic acids is 1. The van der Waals surface area contributed by atoms with E-state index in [-0.39, 0.29) is 11.8 Å². The van der Waals surface area contributed by atoms with Gasteiger partial charge in [0.25, 0.3) is 0 Å². The van der Waals surface area contributed by atoms with Crippen LogP contribution in [0.15, 0.2) is 12.2 Å². The van der Waals surface area contributed by atoms with Crippen LogP contribution in [0, 0.1) is 5.92 Å². The van der Waals surface area contributed by atoms with Gasteiger partial charge in [-0.1, -0.05) is 84.3 Å². The number of allylic oxidation sites excluding steroid dienone is 2. The van der Waals surface area contributed by atoms with Gasteiger partial charge in [-0.15, -0.1) is 0 Å². The molecule has 0 aliphatic rings. The van der Waals surface area contributed by atoms with E-state index in [1.54, 1.807) is 0 Å². The molecule has 0 aromatic carbocycles. The lowest BCUT2D eigenvalue weighted by molar-refractivity contribution is -0.143. The summed E-state index contributed by atoms with van der Waals surface area (Å²) in [6, 6.07) is -0.763. The molecule has 4 heteroatoms. The lowest BCUT2D eigenvalue weighted by Gasteiger charge is -2.20. The second kappa shape index (κ2) is 18.1. The van der Waals surface area contributed by atoms with Crippen LogP contribution in [0.25, 0.3) is 0 Å². The summed E-state index contributed by atoms with van der Waals surface area (Å²) in [5.74, 6) is -1.12. The van der Waals surface area contributed by atoms with Gasteiger partial charge in [0.2, 0.25) is 5.91 Å². The molecular formula is C23H43NO3. The summed E-state index contributed by atoms with van der Waals surface area (Å²) < 4.78 is 0. The topological polar surface area (TPSA) is 66.4 Å². The second-order valence-electron chi connectivity index (χ2n) is 7.75. The molecule has 0 fully saturated rings. The largest absolute Gasteiger partial charge is 0.480 e. The van der Waals surface area contributed by atoms with Gasteiger partial charge >= 0.3 is 5.97 Å². The lowest BCUT2D eigenvalue weighted by Crippen LogP contribution is -2.44. The summed E-state index contributed by atoms with van der Waals surface area (Å²) in [5, 5.41) is 11.9. The van der Waals surface area contributed by atoms with Crippen LogP contribution in [-0.4, -0.2) is 23.0 Å². The van der Waals surface area contributed by atoms with Crippen molar-refractivity contribution >= 4 is 11.9 Å². The molecule has 0 aromatic rings. The molecule has 158 valence electrons. The van der Waals surface area contributed by atoms with Crippen molar-refractivity contribution in [2.24, 2.45) is 5.92 Å². The van der Waals surface area contributed by atoms with Crippen LogP contribution in [-0.2, 0) is 9.59 Å². The van der Waals surface area contributed by atoms with E-state index in [0.717, 1.165) is 32.1 Å². The first-order chi connectivity index (χ1) is 13.0. The Bertz CT molecular complexity index is 406. The second-order valence-corrected chi connectivity index (χ2v) is 7.75. The molecule has 2 N–H and O–H groups in total. The molecule has 0 aliphatic heterocycles. The number of aliphatic carboxylic acids is 1. The van der Waals surface area contributed by atoms with Crippen molar-refractivity contribution in [1.82, 2.24) is 5.32 Å². The van der Waals surface area contributed by atoms with Crippen molar-refractivity contribution in [2.75, 3.05) is 0 Å². The third-order valence-electron chi connectivity index (χ3n) is 5.21. The molecule has 27 heavy (non-hydrogen) atoms. The molecule has 0 unspecified atom stereocenters. The highest BCUT2D eigenvalue weighted by atomic mass is 16.4. The van der Waals surface area contributed by atoms with Crippen LogP contribution in [0.5, 0.6) is 0 Å². The third-order valence-corrected chi connectivity index (χ3v) is 5.21. The molecule has 2 atom stereocenters. The molecule has 0 rings (SSSR count). The summed E-state index contributed by atoms with van der Waals surface area (Å²) in [7, 11) is 0. The van der Waals surface area contributed by atoms with Crippen LogP contribution in [0.2, 0.25) is 0 Å². The highest BCUT2D eigenvalue weighted by molar-refractivity contribution is 5.83. The number of carboxylic acid groups (broad SMARTS) is 1. The Hall–Kier alpha value is -1.32. The summed E-state index contributed by atoms with van der Waals surface area (Å²) >= 11 is 0. The van der Waals surface area contributed by atoms with Gasteiger partial charge in [-0.05, 0) is 38.0 Å². The average molecular weight is 382 g/mol. The molecule has 0 saturated carbocycles. The Morgan fingerprint density at radius 1 is 0.852 bits per heavy atom. The highest BCUT2D eigenvalue weighted by Crippen LogP contribution is 2.11. The van der Waals surface area contributed by atoms with E-state index in [0.29, 0.717) is 6.42 Å². The molecule has 0 radical (unpaired) electrons. The van der Waals surface area contributed by atoms with Gasteiger partial charge in [-0.2, -0.15) is 0 Å². The monoisotopic (exact) mass is 381 g/mol. The van der Waals surface area contributed by atoms with E-state index in [4.69, 9.17) is 0 Å². The maximum absolute atomic E-state index is 11.9. The number of unbranched alkanes of at least 4 members (excludes halogenated alkanes) is 10. The third kappa shape index (κ3) is 15.4. The fourth-order valence-electron chi connectivity index (χ4n) is 3.11. The quantitative estimate of drug-likeness (QED) is 0.218. The van der Waals surface area contributed by atoms with Crippen molar-refractivity contribution in [3.05, 3.63) is 12.2 Å². The molecule has 0 saturated heterocycles. The molecule has 1 amide bonds. The van der Waals surface area contributed by atoms with Crippen molar-refractivity contribution < 1.29 is 14.7 Å². The van der Waals surface area contributed by atoms with Crippen molar-refractivity contribution in [2.45, 2.75) is 117 Å². The van der Waals surface area contributed by atoms with Crippen molar-refractivity contribution in [1.29, 1.82) is 0 Å². The summed E-state index contributed by atoms with van der Waals surface area (Å²) in [6.07, 6.45) is 20.3. The Morgan fingerprint density at radius 3 is 1.89 bits per heavy atom. The van der Waals surface area contributed by atoms with Gasteiger partial charge in [0.1, 0.15) is 6.04 Å². The molecule has 0 aliphatic carbocycles. The van der Waals surface area contributed by atoms with Crippen LogP contribution < -0.4 is 5.32 Å². The number of amides is 1. The summed E-state index contributed by atoms with van der Waals surface area (Å²) in [6.45, 7) is 6.05. The first-order valence-corrected chi connectivity index (χ1v) is 11.2. The standard InChI is InChI=1S/C23H43NO3/c1-4-6-7-8-9-10-11-12-13-14-15-16-17-18-19-21(25)24-22(23(26)27)20(3)5-2/h11-12,20,22H,4-10,13-19H2,1-3H3,(H,24,25)(H,26,27)/b12-11-/t20-,22-/m0/s1. The number of hydrogen-bond acceptors (Lipinski definition) is 2. The zero-order valence-electron chi connectivity index (χ0n) is 18.0. The highest BCUT2D eigenvalue weighted by Gasteiger charge is 2.24. The summed E-state index contributed by atoms with van der Waals surface area (Å²) in [4.78, 5) is 23.1. The number of carbonyl (C=O) groups is 2. The molecular weight excluding hydrogens is 338 g/mol. The van der Waals surface area contributed by atoms with Gasteiger partial charge in [0.05, 0.1) is 0 Å². The van der Waals surface area contributed by atoms with Crippen LogP contribution in [0.4, 0.5) is 0 Å². The number of carbonyl (C=O) groups excluding carboxylic acids is 1. The lowest BCUT2D eigenvalue weighted by atomic mass is 9.99. The first-order valence-electron chi connectivity index (χ1n) is 11.2. The van der Waals surface area contributed by atoms with Crippen LogP contribution in [0.1, 0.15) is 111 Å². The normalized spacial score (nSPS) is 13.6. The SMILES string of the molecule is CCCCCCC/C=C\CCCCCCCC(=O)N[C@H](C(=O)O)[C@@H](C)CC. The van der Waals surface area contributed by atoms with Gasteiger partial charge in [0.15, 0.2) is 0 Å². The summed E-state index contributed by atoms with van der Waals surface area (Å²) in [5.41, 5.74) is 0. The Morgan fingerprint density at radius 2 is 1.37 bits per heavy atom. The average Bonchev–Trinajstić information content (AvgIpc) is 2.65. The van der Waals surface area contributed by atoms with Gasteiger partial charge in [-0.25, -0.2) is 4.79 Å². The van der Waals surface area contributed by atoms with Gasteiger partial charge in [0, 0.05) is 6.42 Å². The number of rotatable bonds is 18. The Balaban J connectivity index is 3.55. The minimum atomic E-state index is -0.938. The van der Waals surface area contributed by atoms with E-state index in [9.17, 15) is 14.7 Å². The predicted octanol–water partition coefficient (Wildman–Crippen LogP) is 6.25. The van der Waals surface area contributed by atoms with Gasteiger partial charge in [-0.3, -0.25) is 4.79 Å². The van der Waals surface area contributed by atoms with Crippen LogP contribution >= 0.6 is 0 Å². The van der Waals surface area contributed by atoms with E-state index < -0.39 is 12.0 Å². The maximum atomic E-state index is 11.9.